The van der Waals surface area contributed by atoms with E-state index in [0.717, 1.165) is 24.1 Å². The van der Waals surface area contributed by atoms with Crippen molar-refractivity contribution in [2.75, 3.05) is 18.9 Å². The predicted octanol–water partition coefficient (Wildman–Crippen LogP) is 1.94. The maximum atomic E-state index is 12.1. The third-order valence-electron chi connectivity index (χ3n) is 3.75. The molecule has 0 aliphatic heterocycles. The molecule has 0 radical (unpaired) electrons. The molecule has 2 amide bonds. The summed E-state index contributed by atoms with van der Waals surface area (Å²) >= 11 is 0. The fraction of sp³-hybridized carbons (Fsp3) is 0.533. The first-order valence-corrected chi connectivity index (χ1v) is 7.01. The molecule has 4 N–H and O–H groups in total. The Morgan fingerprint density at radius 1 is 1.55 bits per heavy atom. The van der Waals surface area contributed by atoms with Crippen molar-refractivity contribution in [2.45, 2.75) is 31.9 Å². The Labute approximate surface area is 119 Å². The number of carbonyl (C=O) groups is 1. The third-order valence-corrected chi connectivity index (χ3v) is 3.75. The molecule has 20 heavy (non-hydrogen) atoms. The van der Waals surface area contributed by atoms with Gasteiger partial charge in [-0.15, -0.1) is 0 Å². The van der Waals surface area contributed by atoms with Crippen LogP contribution in [0.5, 0.6) is 0 Å². The van der Waals surface area contributed by atoms with Crippen molar-refractivity contribution in [3.63, 3.8) is 0 Å². The molecule has 1 unspecified atom stereocenters. The number of rotatable bonds is 4. The van der Waals surface area contributed by atoms with Crippen LogP contribution < -0.4 is 11.1 Å². The first kappa shape index (κ1) is 14.8. The summed E-state index contributed by atoms with van der Waals surface area (Å²) in [6.45, 7) is 2.59. The van der Waals surface area contributed by atoms with Gasteiger partial charge in [0.1, 0.15) is 0 Å². The minimum Gasteiger partial charge on any atom is -0.393 e. The molecule has 0 spiro atoms. The van der Waals surface area contributed by atoms with Gasteiger partial charge in [0.2, 0.25) is 0 Å². The lowest BCUT2D eigenvalue weighted by Gasteiger charge is -2.34. The van der Waals surface area contributed by atoms with Gasteiger partial charge in [0, 0.05) is 25.3 Å². The Morgan fingerprint density at radius 3 is 2.85 bits per heavy atom. The van der Waals surface area contributed by atoms with E-state index >= 15 is 0 Å². The zero-order valence-electron chi connectivity index (χ0n) is 12.0. The zero-order valence-corrected chi connectivity index (χ0v) is 12.0. The number of nitrogens with one attached hydrogen (secondary N) is 1. The zero-order chi connectivity index (χ0) is 14.7. The van der Waals surface area contributed by atoms with Crippen molar-refractivity contribution in [1.29, 1.82) is 0 Å². The van der Waals surface area contributed by atoms with Crippen LogP contribution >= 0.6 is 0 Å². The van der Waals surface area contributed by atoms with Gasteiger partial charge in [0.25, 0.3) is 0 Å². The Bertz CT molecular complexity index is 470. The highest BCUT2D eigenvalue weighted by molar-refractivity contribution is 5.89. The number of amides is 2. The summed E-state index contributed by atoms with van der Waals surface area (Å²) in [6.07, 6.45) is 1.40. The number of aliphatic hydroxyl groups excluding tert-OH is 1. The van der Waals surface area contributed by atoms with E-state index in [-0.39, 0.29) is 18.2 Å². The molecule has 5 heteroatoms. The number of benzene rings is 1. The standard InChI is InChI=1S/C15H23N3O2/c1-10(16)12-4-3-5-13(8-12)17-15(20)18(2)9-11-6-14(19)7-11/h3-5,8,10-11,14,19H,6-7,9,16H2,1-2H3,(H,17,20). The summed E-state index contributed by atoms with van der Waals surface area (Å²) in [7, 11) is 1.77. The molecule has 1 aromatic rings. The second-order valence-electron chi connectivity index (χ2n) is 5.72. The van der Waals surface area contributed by atoms with Crippen molar-refractivity contribution in [2.24, 2.45) is 11.7 Å². The first-order valence-electron chi connectivity index (χ1n) is 7.01. The van der Waals surface area contributed by atoms with Crippen molar-refractivity contribution in [1.82, 2.24) is 4.90 Å². The van der Waals surface area contributed by atoms with Crippen LogP contribution in [0.15, 0.2) is 24.3 Å². The number of nitrogens with zero attached hydrogens (tertiary/aromatic N) is 1. The van der Waals surface area contributed by atoms with Crippen LogP contribution in [-0.2, 0) is 0 Å². The molecule has 1 aliphatic carbocycles. The topological polar surface area (TPSA) is 78.6 Å². The average Bonchev–Trinajstić information content (AvgIpc) is 2.37. The fourth-order valence-corrected chi connectivity index (χ4v) is 2.44. The van der Waals surface area contributed by atoms with E-state index in [0.29, 0.717) is 12.5 Å². The largest absolute Gasteiger partial charge is 0.393 e. The molecular weight excluding hydrogens is 254 g/mol. The molecular formula is C15H23N3O2. The summed E-state index contributed by atoms with van der Waals surface area (Å²) in [6, 6.07) is 7.39. The van der Waals surface area contributed by atoms with Crippen LogP contribution in [-0.4, -0.2) is 35.7 Å². The quantitative estimate of drug-likeness (QED) is 0.787. The van der Waals surface area contributed by atoms with Crippen LogP contribution in [0.2, 0.25) is 0 Å². The van der Waals surface area contributed by atoms with Gasteiger partial charge in [-0.2, -0.15) is 0 Å². The molecule has 1 saturated carbocycles. The summed E-state index contributed by atoms with van der Waals surface area (Å²) in [4.78, 5) is 13.7. The van der Waals surface area contributed by atoms with Gasteiger partial charge in [0.05, 0.1) is 6.10 Å². The monoisotopic (exact) mass is 277 g/mol. The molecule has 0 saturated heterocycles. The van der Waals surface area contributed by atoms with Crippen molar-refractivity contribution in [3.05, 3.63) is 29.8 Å². The average molecular weight is 277 g/mol. The minimum atomic E-state index is -0.181. The molecule has 5 nitrogen and oxygen atoms in total. The normalized spacial score (nSPS) is 22.8. The molecule has 1 atom stereocenters. The Kier molecular flexibility index (Phi) is 4.62. The van der Waals surface area contributed by atoms with Gasteiger partial charge in [-0.1, -0.05) is 12.1 Å². The van der Waals surface area contributed by atoms with Gasteiger partial charge in [-0.25, -0.2) is 4.79 Å². The van der Waals surface area contributed by atoms with E-state index < -0.39 is 0 Å². The molecule has 2 rings (SSSR count). The highest BCUT2D eigenvalue weighted by Crippen LogP contribution is 2.27. The highest BCUT2D eigenvalue weighted by atomic mass is 16.3. The molecule has 1 fully saturated rings. The second-order valence-corrected chi connectivity index (χ2v) is 5.72. The van der Waals surface area contributed by atoms with Gasteiger partial charge in [-0.05, 0) is 43.4 Å². The van der Waals surface area contributed by atoms with Crippen LogP contribution in [0.4, 0.5) is 10.5 Å². The lowest BCUT2D eigenvalue weighted by atomic mass is 9.82. The first-order chi connectivity index (χ1) is 9.45. The number of aliphatic hydroxyl groups is 1. The Balaban J connectivity index is 1.88. The van der Waals surface area contributed by atoms with Crippen molar-refractivity contribution in [3.8, 4) is 0 Å². The molecule has 0 heterocycles. The summed E-state index contributed by atoms with van der Waals surface area (Å²) in [5, 5.41) is 12.1. The lowest BCUT2D eigenvalue weighted by Crippen LogP contribution is -2.41. The van der Waals surface area contributed by atoms with E-state index in [9.17, 15) is 9.90 Å². The molecule has 1 aromatic carbocycles. The third kappa shape index (κ3) is 3.71. The van der Waals surface area contributed by atoms with Crippen LogP contribution in [0.25, 0.3) is 0 Å². The summed E-state index contributed by atoms with van der Waals surface area (Å²) in [5.74, 6) is 0.413. The van der Waals surface area contributed by atoms with E-state index in [4.69, 9.17) is 5.73 Å². The maximum absolute atomic E-state index is 12.1. The fourth-order valence-electron chi connectivity index (χ4n) is 2.44. The molecule has 0 bridgehead atoms. The van der Waals surface area contributed by atoms with Crippen molar-refractivity contribution < 1.29 is 9.90 Å². The Morgan fingerprint density at radius 2 is 2.25 bits per heavy atom. The summed E-state index contributed by atoms with van der Waals surface area (Å²) < 4.78 is 0. The lowest BCUT2D eigenvalue weighted by molar-refractivity contribution is 0.0332. The van der Waals surface area contributed by atoms with E-state index in [1.54, 1.807) is 11.9 Å². The SMILES string of the molecule is CC(N)c1cccc(NC(=O)N(C)CC2CC(O)C2)c1. The van der Waals surface area contributed by atoms with Gasteiger partial charge < -0.3 is 21.1 Å². The Hall–Kier alpha value is -1.59. The number of carbonyl (C=O) groups excluding carboxylic acids is 1. The number of nitrogens with two attached hydrogens (primary N) is 1. The molecule has 1 aliphatic rings. The van der Waals surface area contributed by atoms with E-state index in [2.05, 4.69) is 5.32 Å². The highest BCUT2D eigenvalue weighted by Gasteiger charge is 2.29. The van der Waals surface area contributed by atoms with Crippen molar-refractivity contribution >= 4 is 11.7 Å². The minimum absolute atomic E-state index is 0.0546. The number of hydrogen-bond donors (Lipinski definition) is 3. The van der Waals surface area contributed by atoms with Gasteiger partial charge >= 0.3 is 6.03 Å². The second kappa shape index (κ2) is 6.24. The van der Waals surface area contributed by atoms with E-state index in [1.807, 2.05) is 31.2 Å². The number of urea groups is 1. The smallest absolute Gasteiger partial charge is 0.321 e. The summed E-state index contributed by atoms with van der Waals surface area (Å²) in [5.41, 5.74) is 7.58. The van der Waals surface area contributed by atoms with Crippen LogP contribution in [0, 0.1) is 5.92 Å². The van der Waals surface area contributed by atoms with Gasteiger partial charge in [-0.3, -0.25) is 0 Å². The predicted molar refractivity (Wildman–Crippen MR) is 79.4 cm³/mol. The van der Waals surface area contributed by atoms with Crippen LogP contribution in [0.3, 0.4) is 0 Å². The van der Waals surface area contributed by atoms with E-state index in [1.165, 1.54) is 0 Å². The number of hydrogen-bond acceptors (Lipinski definition) is 3. The maximum Gasteiger partial charge on any atom is 0.321 e. The van der Waals surface area contributed by atoms with Crippen LogP contribution in [0.1, 0.15) is 31.4 Å². The molecule has 110 valence electrons. The molecule has 0 aromatic heterocycles. The van der Waals surface area contributed by atoms with Gasteiger partial charge in [0.15, 0.2) is 0 Å². The number of anilines is 1.